The van der Waals surface area contributed by atoms with Gasteiger partial charge in [0.05, 0.1) is 11.2 Å². The topological polar surface area (TPSA) is 66.0 Å². The van der Waals surface area contributed by atoms with Gasteiger partial charge in [0.15, 0.2) is 0 Å². The van der Waals surface area contributed by atoms with E-state index < -0.39 is 0 Å². The Morgan fingerprint density at radius 3 is 2.51 bits per heavy atom. The second-order valence-electron chi connectivity index (χ2n) is 11.6. The zero-order chi connectivity index (χ0) is 24.3. The summed E-state index contributed by atoms with van der Waals surface area (Å²) in [7, 11) is 0. The highest BCUT2D eigenvalue weighted by Crippen LogP contribution is 2.61. The monoisotopic (exact) mass is 494 g/mol. The van der Waals surface area contributed by atoms with Crippen molar-refractivity contribution in [1.82, 2.24) is 10.3 Å². The van der Waals surface area contributed by atoms with E-state index in [1.807, 2.05) is 36.0 Å². The van der Waals surface area contributed by atoms with E-state index in [4.69, 9.17) is 4.98 Å². The summed E-state index contributed by atoms with van der Waals surface area (Å²) in [5.41, 5.74) is 2.08. The fraction of sp³-hybridized carbons (Fsp3) is 0.655. The molecule has 1 heterocycles. The van der Waals surface area contributed by atoms with Gasteiger partial charge >= 0.3 is 0 Å². The molecular formula is C29H42N4OS. The van der Waals surface area contributed by atoms with Gasteiger partial charge in [-0.05, 0) is 118 Å². The summed E-state index contributed by atoms with van der Waals surface area (Å²) in [6.45, 7) is 5.26. The minimum Gasteiger partial charge on any atom is -0.370 e. The molecule has 4 bridgehead atoms. The SMILES string of the molecule is CSC(C)CCNCCCNc1ccc2c(NC(=O)CC34CC5CC(CC(C5)C3)C4)cccc2n1. The van der Waals surface area contributed by atoms with Gasteiger partial charge in [0.25, 0.3) is 0 Å². The van der Waals surface area contributed by atoms with Crippen LogP contribution in [-0.4, -0.2) is 42.0 Å². The maximum Gasteiger partial charge on any atom is 0.224 e. The zero-order valence-electron chi connectivity index (χ0n) is 21.4. The average molecular weight is 495 g/mol. The smallest absolute Gasteiger partial charge is 0.224 e. The van der Waals surface area contributed by atoms with Gasteiger partial charge in [-0.15, -0.1) is 0 Å². The standard InChI is InChI=1S/C29H42N4OS/c1-20(35-2)9-12-30-10-4-11-31-27-8-7-24-25(32-27)5-3-6-26(24)33-28(34)19-29-16-21-13-22(17-29)15-23(14-21)18-29/h3,5-8,20-23,30H,4,9-19H2,1-2H3,(H,31,32)(H,33,34). The quantitative estimate of drug-likeness (QED) is 0.302. The molecule has 4 aliphatic rings. The van der Waals surface area contributed by atoms with Crippen LogP contribution in [0.1, 0.15) is 64.7 Å². The second kappa shape index (κ2) is 11.1. The zero-order valence-corrected chi connectivity index (χ0v) is 22.3. The van der Waals surface area contributed by atoms with Gasteiger partial charge in [0.1, 0.15) is 5.82 Å². The molecule has 4 aliphatic carbocycles. The Balaban J connectivity index is 1.13. The number of nitrogens with one attached hydrogen (secondary N) is 3. The van der Waals surface area contributed by atoms with E-state index in [0.717, 1.165) is 66.2 Å². The van der Waals surface area contributed by atoms with Gasteiger partial charge in [-0.2, -0.15) is 11.8 Å². The number of pyridine rings is 1. The number of hydrogen-bond donors (Lipinski definition) is 3. The number of aromatic nitrogens is 1. The van der Waals surface area contributed by atoms with Gasteiger partial charge in [-0.25, -0.2) is 4.98 Å². The van der Waals surface area contributed by atoms with Crippen molar-refractivity contribution in [2.75, 3.05) is 36.5 Å². The molecular weight excluding hydrogens is 452 g/mol. The number of hydrogen-bond acceptors (Lipinski definition) is 5. The molecule has 6 heteroatoms. The van der Waals surface area contributed by atoms with E-state index in [1.165, 1.54) is 44.9 Å². The molecule has 0 spiro atoms. The van der Waals surface area contributed by atoms with E-state index in [9.17, 15) is 4.79 Å². The Labute approximate surface area is 215 Å². The highest BCUT2D eigenvalue weighted by Gasteiger charge is 2.51. The molecule has 4 fully saturated rings. The maximum absolute atomic E-state index is 13.2. The summed E-state index contributed by atoms with van der Waals surface area (Å²) in [6, 6.07) is 10.2. The summed E-state index contributed by atoms with van der Waals surface area (Å²) in [5.74, 6) is 3.70. The van der Waals surface area contributed by atoms with Crippen LogP contribution in [0.3, 0.4) is 0 Å². The number of fused-ring (bicyclic) bond motifs is 1. The first-order valence-electron chi connectivity index (χ1n) is 13.7. The van der Waals surface area contributed by atoms with Crippen molar-refractivity contribution in [3.63, 3.8) is 0 Å². The normalized spacial score (nSPS) is 27.8. The van der Waals surface area contributed by atoms with Crippen molar-refractivity contribution in [1.29, 1.82) is 0 Å². The van der Waals surface area contributed by atoms with Crippen LogP contribution in [0.5, 0.6) is 0 Å². The third-order valence-electron chi connectivity index (χ3n) is 8.67. The minimum absolute atomic E-state index is 0.182. The summed E-state index contributed by atoms with van der Waals surface area (Å²) in [5, 5.41) is 12.0. The largest absolute Gasteiger partial charge is 0.370 e. The Morgan fingerprint density at radius 1 is 1.06 bits per heavy atom. The molecule has 1 unspecified atom stereocenters. The highest BCUT2D eigenvalue weighted by molar-refractivity contribution is 7.99. The Hall–Kier alpha value is -1.79. The number of thioether (sulfide) groups is 1. The van der Waals surface area contributed by atoms with Gasteiger partial charge in [-0.3, -0.25) is 4.79 Å². The van der Waals surface area contributed by atoms with E-state index >= 15 is 0 Å². The first kappa shape index (κ1) is 24.9. The van der Waals surface area contributed by atoms with Crippen LogP contribution in [0, 0.1) is 23.2 Å². The third kappa shape index (κ3) is 6.14. The van der Waals surface area contributed by atoms with Gasteiger partial charge in [0, 0.05) is 23.6 Å². The van der Waals surface area contributed by atoms with Gasteiger partial charge < -0.3 is 16.0 Å². The van der Waals surface area contributed by atoms with Crippen LogP contribution < -0.4 is 16.0 Å². The van der Waals surface area contributed by atoms with Crippen LogP contribution in [0.2, 0.25) is 0 Å². The number of carbonyl (C=O) groups excluding carboxylic acids is 1. The summed E-state index contributed by atoms with van der Waals surface area (Å²) in [6.07, 6.45) is 13.2. The molecule has 0 radical (unpaired) electrons. The van der Waals surface area contributed by atoms with E-state index in [-0.39, 0.29) is 11.3 Å². The first-order valence-corrected chi connectivity index (χ1v) is 15.0. The molecule has 5 nitrogen and oxygen atoms in total. The molecule has 1 amide bonds. The lowest BCUT2D eigenvalue weighted by Gasteiger charge is -2.56. The van der Waals surface area contributed by atoms with Crippen molar-refractivity contribution < 1.29 is 4.79 Å². The number of anilines is 2. The fourth-order valence-electron chi connectivity index (χ4n) is 7.38. The Kier molecular flexibility index (Phi) is 7.88. The number of carbonyl (C=O) groups is 1. The van der Waals surface area contributed by atoms with Crippen molar-refractivity contribution in [2.24, 2.45) is 23.2 Å². The molecule has 0 saturated heterocycles. The first-order chi connectivity index (χ1) is 17.0. The van der Waals surface area contributed by atoms with Crippen LogP contribution in [0.25, 0.3) is 10.9 Å². The maximum atomic E-state index is 13.2. The van der Waals surface area contributed by atoms with Crippen LogP contribution in [0.4, 0.5) is 11.5 Å². The van der Waals surface area contributed by atoms with Gasteiger partial charge in [0.2, 0.25) is 5.91 Å². The Bertz CT molecular complexity index is 990. The number of nitrogens with zero attached hydrogens (tertiary/aromatic N) is 1. The molecule has 3 N–H and O–H groups in total. The summed E-state index contributed by atoms with van der Waals surface area (Å²) in [4.78, 5) is 18.0. The molecule has 1 aromatic carbocycles. The molecule has 1 atom stereocenters. The minimum atomic E-state index is 0.182. The molecule has 1 aromatic heterocycles. The van der Waals surface area contributed by atoms with Gasteiger partial charge in [-0.1, -0.05) is 13.0 Å². The fourth-order valence-corrected chi connectivity index (χ4v) is 7.74. The predicted octanol–water partition coefficient (Wildman–Crippen LogP) is 6.31. The van der Waals surface area contributed by atoms with Crippen molar-refractivity contribution >= 4 is 40.1 Å². The van der Waals surface area contributed by atoms with Crippen LogP contribution in [-0.2, 0) is 4.79 Å². The number of benzene rings is 1. The van der Waals surface area contributed by atoms with Crippen molar-refractivity contribution in [3.8, 4) is 0 Å². The van der Waals surface area contributed by atoms with Crippen molar-refractivity contribution in [2.45, 2.75) is 70.0 Å². The van der Waals surface area contributed by atoms with Crippen LogP contribution >= 0.6 is 11.8 Å². The molecule has 35 heavy (non-hydrogen) atoms. The molecule has 6 rings (SSSR count). The van der Waals surface area contributed by atoms with E-state index in [0.29, 0.717) is 11.7 Å². The average Bonchev–Trinajstić information content (AvgIpc) is 2.82. The lowest BCUT2D eigenvalue weighted by atomic mass is 9.49. The summed E-state index contributed by atoms with van der Waals surface area (Å²) < 4.78 is 0. The molecule has 190 valence electrons. The third-order valence-corrected chi connectivity index (χ3v) is 9.71. The molecule has 4 saturated carbocycles. The lowest BCUT2D eigenvalue weighted by Crippen LogP contribution is -2.47. The second-order valence-corrected chi connectivity index (χ2v) is 12.9. The lowest BCUT2D eigenvalue weighted by molar-refractivity contribution is -0.124. The molecule has 0 aliphatic heterocycles. The number of amides is 1. The van der Waals surface area contributed by atoms with Crippen molar-refractivity contribution in [3.05, 3.63) is 30.3 Å². The number of rotatable bonds is 12. The molecule has 2 aromatic rings. The highest BCUT2D eigenvalue weighted by atomic mass is 32.2. The predicted molar refractivity (Wildman–Crippen MR) is 149 cm³/mol. The Morgan fingerprint density at radius 2 is 1.80 bits per heavy atom. The van der Waals surface area contributed by atoms with Crippen LogP contribution in [0.15, 0.2) is 30.3 Å². The van der Waals surface area contributed by atoms with E-state index in [1.54, 1.807) is 0 Å². The van der Waals surface area contributed by atoms with E-state index in [2.05, 4.69) is 35.2 Å². The summed E-state index contributed by atoms with van der Waals surface area (Å²) >= 11 is 1.92.